The van der Waals surface area contributed by atoms with Crippen LogP contribution in [0.5, 0.6) is 0 Å². The van der Waals surface area contributed by atoms with Crippen molar-refractivity contribution >= 4 is 5.97 Å². The van der Waals surface area contributed by atoms with Crippen molar-refractivity contribution in [3.05, 3.63) is 0 Å². The second-order valence-electron chi connectivity index (χ2n) is 4.42. The minimum atomic E-state index is -0.0765. The van der Waals surface area contributed by atoms with Crippen LogP contribution in [0.1, 0.15) is 41.0 Å². The van der Waals surface area contributed by atoms with Gasteiger partial charge in [-0.2, -0.15) is 0 Å². The second-order valence-corrected chi connectivity index (χ2v) is 4.42. The van der Waals surface area contributed by atoms with Gasteiger partial charge in [0.05, 0.1) is 12.5 Å². The van der Waals surface area contributed by atoms with Gasteiger partial charge in [0.25, 0.3) is 0 Å². The monoisotopic (exact) mass is 172 g/mol. The highest BCUT2D eigenvalue weighted by Gasteiger charge is 2.21. The molecule has 0 aliphatic heterocycles. The molecule has 0 N–H and O–H groups in total. The molecule has 0 saturated heterocycles. The summed E-state index contributed by atoms with van der Waals surface area (Å²) in [4.78, 5) is 11.2. The summed E-state index contributed by atoms with van der Waals surface area (Å²) in [6.45, 7) is 10.6. The van der Waals surface area contributed by atoms with Gasteiger partial charge in [-0.25, -0.2) is 0 Å². The van der Waals surface area contributed by atoms with Gasteiger partial charge >= 0.3 is 5.97 Å². The van der Waals surface area contributed by atoms with E-state index in [4.69, 9.17) is 4.74 Å². The highest BCUT2D eigenvalue weighted by molar-refractivity contribution is 5.71. The molecule has 0 aromatic carbocycles. The number of hydrogen-bond acceptors (Lipinski definition) is 2. The Morgan fingerprint density at radius 1 is 1.42 bits per heavy atom. The SMILES string of the molecule is CCOC(=O)[C@H](C)CC(C)(C)C. The van der Waals surface area contributed by atoms with E-state index in [-0.39, 0.29) is 17.3 Å². The van der Waals surface area contributed by atoms with E-state index in [1.165, 1.54) is 0 Å². The van der Waals surface area contributed by atoms with Crippen molar-refractivity contribution in [3.63, 3.8) is 0 Å². The Morgan fingerprint density at radius 2 is 1.92 bits per heavy atom. The maximum Gasteiger partial charge on any atom is 0.308 e. The first-order chi connectivity index (χ1) is 5.37. The molecule has 0 aliphatic carbocycles. The van der Waals surface area contributed by atoms with Gasteiger partial charge in [-0.15, -0.1) is 0 Å². The van der Waals surface area contributed by atoms with Crippen LogP contribution in [0.4, 0.5) is 0 Å². The van der Waals surface area contributed by atoms with Crippen LogP contribution in [0.2, 0.25) is 0 Å². The number of carbonyl (C=O) groups excluding carboxylic acids is 1. The molecule has 0 amide bonds. The Kier molecular flexibility index (Phi) is 4.29. The molecular weight excluding hydrogens is 152 g/mol. The second kappa shape index (κ2) is 4.48. The molecule has 1 atom stereocenters. The van der Waals surface area contributed by atoms with E-state index in [9.17, 15) is 4.79 Å². The van der Waals surface area contributed by atoms with Crippen molar-refractivity contribution in [3.8, 4) is 0 Å². The summed E-state index contributed by atoms with van der Waals surface area (Å²) < 4.78 is 4.91. The summed E-state index contributed by atoms with van der Waals surface area (Å²) in [5.41, 5.74) is 0.201. The van der Waals surface area contributed by atoms with E-state index in [1.54, 1.807) is 0 Å². The highest BCUT2D eigenvalue weighted by atomic mass is 16.5. The minimum absolute atomic E-state index is 0.0185. The van der Waals surface area contributed by atoms with Crippen molar-refractivity contribution in [1.29, 1.82) is 0 Å². The van der Waals surface area contributed by atoms with Crippen molar-refractivity contribution in [1.82, 2.24) is 0 Å². The number of carbonyl (C=O) groups is 1. The van der Waals surface area contributed by atoms with Crippen molar-refractivity contribution < 1.29 is 9.53 Å². The summed E-state index contributed by atoms with van der Waals surface area (Å²) in [7, 11) is 0. The van der Waals surface area contributed by atoms with Crippen LogP contribution < -0.4 is 0 Å². The van der Waals surface area contributed by atoms with Gasteiger partial charge in [-0.05, 0) is 18.8 Å². The molecule has 0 aromatic rings. The average molecular weight is 172 g/mol. The molecule has 0 saturated carbocycles. The molecule has 72 valence electrons. The van der Waals surface area contributed by atoms with E-state index in [2.05, 4.69) is 20.8 Å². The van der Waals surface area contributed by atoms with Gasteiger partial charge in [0, 0.05) is 0 Å². The van der Waals surface area contributed by atoms with E-state index >= 15 is 0 Å². The minimum Gasteiger partial charge on any atom is -0.466 e. The molecule has 0 spiro atoms. The molecule has 0 unspecified atom stereocenters. The molecule has 0 bridgehead atoms. The summed E-state index contributed by atoms with van der Waals surface area (Å²) in [5.74, 6) is -0.0580. The van der Waals surface area contributed by atoms with Crippen LogP contribution in [0.25, 0.3) is 0 Å². The van der Waals surface area contributed by atoms with Crippen molar-refractivity contribution in [2.75, 3.05) is 6.61 Å². The first kappa shape index (κ1) is 11.5. The fourth-order valence-corrected chi connectivity index (χ4v) is 1.29. The van der Waals surface area contributed by atoms with Crippen LogP contribution in [0, 0.1) is 11.3 Å². The fourth-order valence-electron chi connectivity index (χ4n) is 1.29. The maximum atomic E-state index is 11.2. The fraction of sp³-hybridized carbons (Fsp3) is 0.900. The van der Waals surface area contributed by atoms with Crippen LogP contribution >= 0.6 is 0 Å². The number of hydrogen-bond donors (Lipinski definition) is 0. The highest BCUT2D eigenvalue weighted by Crippen LogP contribution is 2.24. The lowest BCUT2D eigenvalue weighted by Gasteiger charge is -2.21. The molecule has 0 fully saturated rings. The van der Waals surface area contributed by atoms with Gasteiger partial charge in [-0.1, -0.05) is 27.7 Å². The summed E-state index contributed by atoms with van der Waals surface area (Å²) in [6.07, 6.45) is 0.881. The van der Waals surface area contributed by atoms with E-state index in [0.717, 1.165) is 6.42 Å². The average Bonchev–Trinajstić information content (AvgIpc) is 1.84. The molecule has 0 heterocycles. The topological polar surface area (TPSA) is 26.3 Å². The Morgan fingerprint density at radius 3 is 2.25 bits per heavy atom. The zero-order valence-corrected chi connectivity index (χ0v) is 8.81. The number of rotatable bonds is 3. The third kappa shape index (κ3) is 5.16. The molecule has 0 aromatic heterocycles. The first-order valence-electron chi connectivity index (χ1n) is 4.53. The Bertz CT molecular complexity index is 144. The Balaban J connectivity index is 3.87. The quantitative estimate of drug-likeness (QED) is 0.612. The number of esters is 1. The van der Waals surface area contributed by atoms with Crippen LogP contribution in [0.3, 0.4) is 0 Å². The summed E-state index contributed by atoms with van der Waals surface area (Å²) in [5, 5.41) is 0. The van der Waals surface area contributed by atoms with Crippen molar-refractivity contribution in [2.24, 2.45) is 11.3 Å². The van der Waals surface area contributed by atoms with Gasteiger partial charge in [-0.3, -0.25) is 4.79 Å². The molecule has 12 heavy (non-hydrogen) atoms. The summed E-state index contributed by atoms with van der Waals surface area (Å²) in [6, 6.07) is 0. The van der Waals surface area contributed by atoms with E-state index in [0.29, 0.717) is 6.61 Å². The van der Waals surface area contributed by atoms with Gasteiger partial charge in [0.1, 0.15) is 0 Å². The Hall–Kier alpha value is -0.530. The Labute approximate surface area is 75.3 Å². The lowest BCUT2D eigenvalue weighted by molar-refractivity contribution is -0.148. The largest absolute Gasteiger partial charge is 0.466 e. The smallest absolute Gasteiger partial charge is 0.308 e. The van der Waals surface area contributed by atoms with Crippen molar-refractivity contribution in [2.45, 2.75) is 41.0 Å². The number of ether oxygens (including phenoxy) is 1. The lowest BCUT2D eigenvalue weighted by Crippen LogP contribution is -2.20. The maximum absolute atomic E-state index is 11.2. The molecule has 2 heteroatoms. The standard InChI is InChI=1S/C10H20O2/c1-6-12-9(11)8(2)7-10(3,4)5/h8H,6-7H2,1-5H3/t8-/m1/s1. The molecule has 0 radical (unpaired) electrons. The normalized spacial score (nSPS) is 14.1. The third-order valence-corrected chi connectivity index (χ3v) is 1.61. The molecule has 0 rings (SSSR count). The molecule has 2 nitrogen and oxygen atoms in total. The van der Waals surface area contributed by atoms with Crippen LogP contribution in [-0.2, 0) is 9.53 Å². The van der Waals surface area contributed by atoms with Crippen LogP contribution in [0.15, 0.2) is 0 Å². The lowest BCUT2D eigenvalue weighted by atomic mass is 9.85. The van der Waals surface area contributed by atoms with Gasteiger partial charge in [0.2, 0.25) is 0 Å². The van der Waals surface area contributed by atoms with E-state index in [1.807, 2.05) is 13.8 Å². The van der Waals surface area contributed by atoms with E-state index < -0.39 is 0 Å². The first-order valence-corrected chi connectivity index (χ1v) is 4.53. The third-order valence-electron chi connectivity index (χ3n) is 1.61. The predicted octanol–water partition coefficient (Wildman–Crippen LogP) is 2.62. The zero-order chi connectivity index (χ0) is 9.78. The van der Waals surface area contributed by atoms with Gasteiger partial charge < -0.3 is 4.74 Å². The molecular formula is C10H20O2. The van der Waals surface area contributed by atoms with Gasteiger partial charge in [0.15, 0.2) is 0 Å². The van der Waals surface area contributed by atoms with Crippen LogP contribution in [-0.4, -0.2) is 12.6 Å². The zero-order valence-electron chi connectivity index (χ0n) is 8.81. The molecule has 0 aliphatic rings. The summed E-state index contributed by atoms with van der Waals surface area (Å²) >= 11 is 0. The predicted molar refractivity (Wildman–Crippen MR) is 49.9 cm³/mol.